The molecular weight excluding hydrogens is 429 g/mol. The first-order valence-electron chi connectivity index (χ1n) is 10.1. The first kappa shape index (κ1) is 23.2. The molecule has 0 aromatic heterocycles. The molecule has 2 fully saturated rings. The molecule has 2 saturated heterocycles. The van der Waals surface area contributed by atoms with Crippen LogP contribution >= 0.6 is 0 Å². The summed E-state index contributed by atoms with van der Waals surface area (Å²) in [5, 5.41) is 0. The molecule has 4 N–H and O–H groups in total. The van der Waals surface area contributed by atoms with Crippen LogP contribution in [0.15, 0.2) is 23.2 Å². The molecule has 12 heteroatoms. The monoisotopic (exact) mass is 457 g/mol. The van der Waals surface area contributed by atoms with Crippen LogP contribution in [0, 0.1) is 11.7 Å². The molecule has 10 nitrogen and oxygen atoms in total. The van der Waals surface area contributed by atoms with Gasteiger partial charge in [-0.3, -0.25) is 0 Å². The summed E-state index contributed by atoms with van der Waals surface area (Å²) in [6, 6.07) is 4.76. The Bertz CT molecular complexity index is 908. The van der Waals surface area contributed by atoms with Gasteiger partial charge >= 0.3 is 6.09 Å². The summed E-state index contributed by atoms with van der Waals surface area (Å²) in [6.07, 6.45) is 0.503. The first-order valence-corrected chi connectivity index (χ1v) is 11.7. The fraction of sp³-hybridized carbons (Fsp3) is 0.579. The smallest absolute Gasteiger partial charge is 0.437 e. The number of nitrogens with two attached hydrogens (primary N) is 2. The topological polar surface area (TPSA) is 141 Å². The third-order valence-electron chi connectivity index (χ3n) is 5.39. The molecule has 1 aromatic rings. The van der Waals surface area contributed by atoms with Crippen molar-refractivity contribution in [1.29, 1.82) is 0 Å². The average Bonchev–Trinajstić information content (AvgIpc) is 2.73. The maximum Gasteiger partial charge on any atom is 0.437 e. The van der Waals surface area contributed by atoms with E-state index in [1.54, 1.807) is 17.0 Å². The first-order chi connectivity index (χ1) is 14.8. The summed E-state index contributed by atoms with van der Waals surface area (Å²) in [5.74, 6) is -0.726. The van der Waals surface area contributed by atoms with Gasteiger partial charge in [-0.1, -0.05) is 12.1 Å². The lowest BCUT2D eigenvalue weighted by molar-refractivity contribution is 0.0720. The average molecular weight is 458 g/mol. The van der Waals surface area contributed by atoms with Crippen molar-refractivity contribution in [3.8, 4) is 0 Å². The molecule has 0 unspecified atom stereocenters. The Labute approximate surface area is 181 Å². The van der Waals surface area contributed by atoms with E-state index in [4.69, 9.17) is 20.9 Å². The zero-order valence-electron chi connectivity index (χ0n) is 17.2. The van der Waals surface area contributed by atoms with Crippen molar-refractivity contribution in [3.63, 3.8) is 0 Å². The lowest BCUT2D eigenvalue weighted by Gasteiger charge is -2.36. The van der Waals surface area contributed by atoms with Gasteiger partial charge < -0.3 is 25.8 Å². The van der Waals surface area contributed by atoms with Crippen LogP contribution in [0.1, 0.15) is 18.4 Å². The maximum atomic E-state index is 14.9. The van der Waals surface area contributed by atoms with Crippen LogP contribution < -0.4 is 16.4 Å². The third-order valence-corrected chi connectivity index (χ3v) is 7.43. The zero-order valence-corrected chi connectivity index (χ0v) is 18.0. The molecule has 0 radical (unpaired) electrons. The van der Waals surface area contributed by atoms with E-state index < -0.39 is 27.9 Å². The lowest BCUT2D eigenvalue weighted by Crippen LogP contribution is -2.50. The second-order valence-corrected chi connectivity index (χ2v) is 9.58. The Morgan fingerprint density at radius 3 is 2.52 bits per heavy atom. The van der Waals surface area contributed by atoms with Crippen molar-refractivity contribution in [2.45, 2.75) is 19.4 Å². The van der Waals surface area contributed by atoms with E-state index in [2.05, 4.69) is 4.99 Å². The number of nitrogens with zero attached hydrogens (tertiary/aromatic N) is 3. The fourth-order valence-corrected chi connectivity index (χ4v) is 5.58. The van der Waals surface area contributed by atoms with Crippen molar-refractivity contribution in [3.05, 3.63) is 29.6 Å². The van der Waals surface area contributed by atoms with Crippen LogP contribution in [0.3, 0.4) is 0 Å². The van der Waals surface area contributed by atoms with Crippen LogP contribution in [-0.2, 0) is 26.1 Å². The highest BCUT2D eigenvalue weighted by atomic mass is 32.2. The molecule has 172 valence electrons. The molecule has 0 atom stereocenters. The second-order valence-electron chi connectivity index (χ2n) is 7.56. The van der Waals surface area contributed by atoms with Crippen LogP contribution in [-0.4, -0.2) is 69.9 Å². The summed E-state index contributed by atoms with van der Waals surface area (Å²) in [5.41, 5.74) is 10.7. The normalized spacial score (nSPS) is 18.5. The number of ether oxygens (including phenoxy) is 2. The van der Waals surface area contributed by atoms with E-state index in [1.807, 2.05) is 0 Å². The number of rotatable bonds is 6. The number of anilines is 1. The molecule has 0 aliphatic carbocycles. The highest BCUT2D eigenvalue weighted by molar-refractivity contribution is 7.89. The van der Waals surface area contributed by atoms with Crippen molar-refractivity contribution in [2.24, 2.45) is 22.4 Å². The van der Waals surface area contributed by atoms with Gasteiger partial charge in [-0.2, -0.15) is 4.31 Å². The predicted molar refractivity (Wildman–Crippen MR) is 114 cm³/mol. The Kier molecular flexibility index (Phi) is 7.68. The number of halogens is 1. The number of carbonyl (C=O) groups is 1. The Morgan fingerprint density at radius 2 is 1.87 bits per heavy atom. The molecule has 2 heterocycles. The number of piperazine rings is 1. The van der Waals surface area contributed by atoms with E-state index >= 15 is 0 Å². The van der Waals surface area contributed by atoms with Crippen molar-refractivity contribution in [1.82, 2.24) is 4.31 Å². The van der Waals surface area contributed by atoms with Gasteiger partial charge in [0.1, 0.15) is 6.61 Å². The molecule has 3 rings (SSSR count). The minimum Gasteiger partial charge on any atom is -0.443 e. The molecule has 1 aromatic carbocycles. The van der Waals surface area contributed by atoms with E-state index in [0.29, 0.717) is 32.0 Å². The fourth-order valence-electron chi connectivity index (χ4n) is 3.72. The molecule has 1 amide bonds. The second kappa shape index (κ2) is 10.2. The predicted octanol–water partition coefficient (Wildman–Crippen LogP) is 0.614. The third kappa shape index (κ3) is 6.28. The number of aliphatic imine (C=N–C) groups is 1. The minimum atomic E-state index is -3.37. The number of guanidine groups is 1. The SMILES string of the molecule is NC(N)=NC(=O)OCc1cccc(N2CCN(S(=O)(=O)CC3CCOCC3)CC2)c1F. The van der Waals surface area contributed by atoms with E-state index in [9.17, 15) is 17.6 Å². The van der Waals surface area contributed by atoms with Gasteiger partial charge in [0.15, 0.2) is 11.8 Å². The highest BCUT2D eigenvalue weighted by Crippen LogP contribution is 2.26. The number of hydrogen-bond acceptors (Lipinski definition) is 6. The number of hydrogen-bond donors (Lipinski definition) is 2. The van der Waals surface area contributed by atoms with Gasteiger partial charge in [-0.05, 0) is 24.8 Å². The number of sulfonamides is 1. The van der Waals surface area contributed by atoms with Crippen LogP contribution in [0.5, 0.6) is 0 Å². The van der Waals surface area contributed by atoms with Crippen LogP contribution in [0.25, 0.3) is 0 Å². The Hall–Kier alpha value is -2.44. The summed E-state index contributed by atoms with van der Waals surface area (Å²) < 4.78 is 52.1. The Morgan fingerprint density at radius 1 is 1.19 bits per heavy atom. The minimum absolute atomic E-state index is 0.118. The molecule has 0 spiro atoms. The van der Waals surface area contributed by atoms with Gasteiger partial charge in [0.05, 0.1) is 11.4 Å². The summed E-state index contributed by atoms with van der Waals surface area (Å²) in [6.45, 7) is 2.18. The van der Waals surface area contributed by atoms with Gasteiger partial charge in [-0.15, -0.1) is 4.99 Å². The molecule has 31 heavy (non-hydrogen) atoms. The lowest BCUT2D eigenvalue weighted by atomic mass is 10.0. The van der Waals surface area contributed by atoms with Crippen molar-refractivity contribution >= 4 is 27.8 Å². The van der Waals surface area contributed by atoms with Crippen molar-refractivity contribution in [2.75, 3.05) is 50.0 Å². The van der Waals surface area contributed by atoms with Gasteiger partial charge in [0, 0.05) is 45.0 Å². The summed E-state index contributed by atoms with van der Waals surface area (Å²) >= 11 is 0. The molecule has 0 saturated carbocycles. The quantitative estimate of drug-likeness (QED) is 0.468. The van der Waals surface area contributed by atoms with Gasteiger partial charge in [0.2, 0.25) is 10.0 Å². The van der Waals surface area contributed by atoms with Crippen LogP contribution in [0.4, 0.5) is 14.9 Å². The summed E-state index contributed by atoms with van der Waals surface area (Å²) in [7, 11) is -3.37. The molecule has 2 aliphatic heterocycles. The van der Waals surface area contributed by atoms with Crippen LogP contribution in [0.2, 0.25) is 0 Å². The number of amides is 1. The zero-order chi connectivity index (χ0) is 22.4. The van der Waals surface area contributed by atoms with E-state index in [0.717, 1.165) is 12.8 Å². The van der Waals surface area contributed by atoms with Crippen molar-refractivity contribution < 1.29 is 27.1 Å². The number of benzene rings is 1. The standard InChI is InChI=1S/C19H28FN5O5S/c20-17-15(12-30-19(26)23-18(21)22)2-1-3-16(17)24-6-8-25(9-7-24)31(27,28)13-14-4-10-29-11-5-14/h1-3,14H,4-13H2,(H4,21,22,23,26). The molecular formula is C19H28FN5O5S. The molecule has 0 bridgehead atoms. The maximum absolute atomic E-state index is 14.9. The molecule has 2 aliphatic rings. The largest absolute Gasteiger partial charge is 0.443 e. The van der Waals surface area contributed by atoms with E-state index in [-0.39, 0.29) is 36.9 Å². The summed E-state index contributed by atoms with van der Waals surface area (Å²) in [4.78, 5) is 16.4. The van der Waals surface area contributed by atoms with E-state index in [1.165, 1.54) is 10.4 Å². The number of carbonyl (C=O) groups excluding carboxylic acids is 1. The Balaban J connectivity index is 1.59. The highest BCUT2D eigenvalue weighted by Gasteiger charge is 2.31. The van der Waals surface area contributed by atoms with Gasteiger partial charge in [0.25, 0.3) is 0 Å². The van der Waals surface area contributed by atoms with Gasteiger partial charge in [-0.25, -0.2) is 17.6 Å².